The molecule has 1 aromatic heterocycles. The first-order valence-electron chi connectivity index (χ1n) is 6.48. The summed E-state index contributed by atoms with van der Waals surface area (Å²) in [6.07, 6.45) is 2.61. The minimum absolute atomic E-state index is 0.0439. The van der Waals surface area contributed by atoms with Crippen LogP contribution in [0, 0.1) is 0 Å². The lowest BCUT2D eigenvalue weighted by Gasteiger charge is -2.10. The minimum Gasteiger partial charge on any atom is -0.385 e. The van der Waals surface area contributed by atoms with E-state index in [1.807, 2.05) is 14.0 Å². The molecule has 0 aliphatic heterocycles. The Hall–Kier alpha value is -0.720. The highest BCUT2D eigenvalue weighted by atomic mass is 79.9. The zero-order valence-electron chi connectivity index (χ0n) is 11.8. The summed E-state index contributed by atoms with van der Waals surface area (Å²) >= 11 is 3.51. The second-order valence-electron chi connectivity index (χ2n) is 4.57. The van der Waals surface area contributed by atoms with Gasteiger partial charge in [0.2, 0.25) is 0 Å². The van der Waals surface area contributed by atoms with Crippen molar-refractivity contribution in [1.29, 1.82) is 0 Å². The van der Waals surface area contributed by atoms with Crippen LogP contribution in [0.25, 0.3) is 0 Å². The summed E-state index contributed by atoms with van der Waals surface area (Å²) in [5, 5.41) is 4.37. The number of halogens is 1. The first kappa shape index (κ1) is 16.3. The highest BCUT2D eigenvalue weighted by Gasteiger charge is 2.19. The fourth-order valence-electron chi connectivity index (χ4n) is 1.92. The lowest BCUT2D eigenvalue weighted by Crippen LogP contribution is -2.32. The van der Waals surface area contributed by atoms with Gasteiger partial charge in [0.05, 0.1) is 28.3 Å². The molecule has 1 atom stereocenters. The van der Waals surface area contributed by atoms with Gasteiger partial charge in [-0.25, -0.2) is 0 Å². The van der Waals surface area contributed by atoms with Gasteiger partial charge in [0, 0.05) is 20.8 Å². The van der Waals surface area contributed by atoms with E-state index in [1.54, 1.807) is 11.8 Å². The number of carbonyl (C=O) groups is 1. The van der Waals surface area contributed by atoms with Crippen LogP contribution < -0.4 is 5.73 Å². The van der Waals surface area contributed by atoms with Crippen molar-refractivity contribution >= 4 is 21.7 Å². The molecule has 19 heavy (non-hydrogen) atoms. The maximum absolute atomic E-state index is 12.1. The standard InChI is InChI=1S/C13H22BrN3O2/c1-4-10-13(14)11(17(2)16-10)8-12(18)9(15)6-5-7-19-3/h9H,4-8,15H2,1-3H3. The van der Waals surface area contributed by atoms with Crippen molar-refractivity contribution in [3.05, 3.63) is 15.9 Å². The van der Waals surface area contributed by atoms with Gasteiger partial charge < -0.3 is 10.5 Å². The van der Waals surface area contributed by atoms with E-state index >= 15 is 0 Å². The lowest BCUT2D eigenvalue weighted by molar-refractivity contribution is -0.119. The molecule has 0 spiro atoms. The predicted molar refractivity (Wildman–Crippen MR) is 78.1 cm³/mol. The largest absolute Gasteiger partial charge is 0.385 e. The molecule has 0 radical (unpaired) electrons. The first-order chi connectivity index (χ1) is 9.01. The molecule has 0 aromatic carbocycles. The van der Waals surface area contributed by atoms with E-state index in [0.717, 1.165) is 28.7 Å². The average Bonchev–Trinajstić information content (AvgIpc) is 2.66. The van der Waals surface area contributed by atoms with Crippen molar-refractivity contribution < 1.29 is 9.53 Å². The third-order valence-electron chi connectivity index (χ3n) is 3.12. The van der Waals surface area contributed by atoms with Gasteiger partial charge >= 0.3 is 0 Å². The van der Waals surface area contributed by atoms with Crippen molar-refractivity contribution in [3.63, 3.8) is 0 Å². The molecule has 0 fully saturated rings. The molecule has 0 aliphatic rings. The fraction of sp³-hybridized carbons (Fsp3) is 0.692. The van der Waals surface area contributed by atoms with Crippen LogP contribution in [0.4, 0.5) is 0 Å². The quantitative estimate of drug-likeness (QED) is 0.734. The van der Waals surface area contributed by atoms with E-state index in [4.69, 9.17) is 10.5 Å². The molecule has 1 rings (SSSR count). The van der Waals surface area contributed by atoms with Crippen LogP contribution in [-0.2, 0) is 29.4 Å². The second-order valence-corrected chi connectivity index (χ2v) is 5.36. The van der Waals surface area contributed by atoms with Gasteiger partial charge in [0.15, 0.2) is 5.78 Å². The minimum atomic E-state index is -0.429. The molecule has 0 aliphatic carbocycles. The maximum Gasteiger partial charge on any atom is 0.155 e. The average molecular weight is 332 g/mol. The number of nitrogens with two attached hydrogens (primary N) is 1. The molecule has 6 heteroatoms. The molecule has 5 nitrogen and oxygen atoms in total. The van der Waals surface area contributed by atoms with Crippen LogP contribution in [0.15, 0.2) is 4.47 Å². The number of hydrogen-bond donors (Lipinski definition) is 1. The van der Waals surface area contributed by atoms with Crippen LogP contribution in [0.5, 0.6) is 0 Å². The van der Waals surface area contributed by atoms with Crippen LogP contribution >= 0.6 is 15.9 Å². The number of nitrogens with zero attached hydrogens (tertiary/aromatic N) is 2. The van der Waals surface area contributed by atoms with Crippen molar-refractivity contribution in [1.82, 2.24) is 9.78 Å². The van der Waals surface area contributed by atoms with Crippen molar-refractivity contribution in [2.75, 3.05) is 13.7 Å². The first-order valence-corrected chi connectivity index (χ1v) is 7.28. The Morgan fingerprint density at radius 1 is 1.58 bits per heavy atom. The van der Waals surface area contributed by atoms with Crippen molar-refractivity contribution in [3.8, 4) is 0 Å². The van der Waals surface area contributed by atoms with Crippen LogP contribution in [-0.4, -0.2) is 35.3 Å². The molecule has 0 bridgehead atoms. The third-order valence-corrected chi connectivity index (χ3v) is 4.04. The fourth-order valence-corrected chi connectivity index (χ4v) is 2.67. The Kier molecular flexibility index (Phi) is 6.68. The van der Waals surface area contributed by atoms with Gasteiger partial charge in [0.1, 0.15) is 0 Å². The predicted octanol–water partition coefficient (Wildman–Crippen LogP) is 1.61. The molecule has 1 heterocycles. The summed E-state index contributed by atoms with van der Waals surface area (Å²) in [5.74, 6) is 0.0439. The Bertz CT molecular complexity index is 432. The summed E-state index contributed by atoms with van der Waals surface area (Å²) < 4.78 is 7.64. The summed E-state index contributed by atoms with van der Waals surface area (Å²) in [5.41, 5.74) is 7.76. The van der Waals surface area contributed by atoms with E-state index in [9.17, 15) is 4.79 Å². The normalized spacial score (nSPS) is 12.7. The SMILES string of the molecule is CCc1nn(C)c(CC(=O)C(N)CCCOC)c1Br. The number of methoxy groups -OCH3 is 1. The van der Waals surface area contributed by atoms with E-state index < -0.39 is 6.04 Å². The van der Waals surface area contributed by atoms with Gasteiger partial charge in [-0.1, -0.05) is 6.92 Å². The highest BCUT2D eigenvalue weighted by molar-refractivity contribution is 9.10. The number of aromatic nitrogens is 2. The van der Waals surface area contributed by atoms with Crippen molar-refractivity contribution in [2.24, 2.45) is 12.8 Å². The number of rotatable bonds is 8. The Morgan fingerprint density at radius 2 is 2.26 bits per heavy atom. The van der Waals surface area contributed by atoms with E-state index in [1.165, 1.54) is 0 Å². The third kappa shape index (κ3) is 4.40. The monoisotopic (exact) mass is 331 g/mol. The van der Waals surface area contributed by atoms with E-state index in [-0.39, 0.29) is 5.78 Å². The van der Waals surface area contributed by atoms with E-state index in [0.29, 0.717) is 19.4 Å². The molecule has 1 aromatic rings. The highest BCUT2D eigenvalue weighted by Crippen LogP contribution is 2.22. The van der Waals surface area contributed by atoms with Gasteiger partial charge in [-0.05, 0) is 35.2 Å². The van der Waals surface area contributed by atoms with Crippen molar-refractivity contribution in [2.45, 2.75) is 38.6 Å². The number of ketones is 1. The van der Waals surface area contributed by atoms with Gasteiger partial charge in [-0.2, -0.15) is 5.10 Å². The molecule has 0 amide bonds. The van der Waals surface area contributed by atoms with Crippen LogP contribution in [0.3, 0.4) is 0 Å². The Labute approximate surface area is 122 Å². The topological polar surface area (TPSA) is 70.1 Å². The summed E-state index contributed by atoms with van der Waals surface area (Å²) in [6.45, 7) is 2.67. The number of aryl methyl sites for hydroxylation is 2. The molecular weight excluding hydrogens is 310 g/mol. The van der Waals surface area contributed by atoms with Gasteiger partial charge in [-0.3, -0.25) is 9.48 Å². The molecule has 108 valence electrons. The Morgan fingerprint density at radius 3 is 2.79 bits per heavy atom. The number of carbonyl (C=O) groups excluding carboxylic acids is 1. The number of Topliss-reactive ketones (excluding diaryl/α,β-unsaturated/α-hetero) is 1. The zero-order valence-corrected chi connectivity index (χ0v) is 13.4. The number of ether oxygens (including phenoxy) is 1. The molecule has 1 unspecified atom stereocenters. The molecule has 0 saturated heterocycles. The summed E-state index contributed by atoms with van der Waals surface area (Å²) in [4.78, 5) is 12.1. The smallest absolute Gasteiger partial charge is 0.155 e. The summed E-state index contributed by atoms with van der Waals surface area (Å²) in [7, 11) is 3.50. The van der Waals surface area contributed by atoms with Gasteiger partial charge in [0.25, 0.3) is 0 Å². The van der Waals surface area contributed by atoms with E-state index in [2.05, 4.69) is 21.0 Å². The van der Waals surface area contributed by atoms with Gasteiger partial charge in [-0.15, -0.1) is 0 Å². The van der Waals surface area contributed by atoms with Crippen LogP contribution in [0.2, 0.25) is 0 Å². The zero-order chi connectivity index (χ0) is 14.4. The number of hydrogen-bond acceptors (Lipinski definition) is 4. The summed E-state index contributed by atoms with van der Waals surface area (Å²) in [6, 6.07) is -0.429. The lowest BCUT2D eigenvalue weighted by atomic mass is 10.0. The Balaban J connectivity index is 2.63. The van der Waals surface area contributed by atoms with Crippen LogP contribution in [0.1, 0.15) is 31.2 Å². The second kappa shape index (κ2) is 7.77. The molecule has 2 N–H and O–H groups in total. The molecule has 0 saturated carbocycles. The molecular formula is C13H22BrN3O2. The maximum atomic E-state index is 12.1.